The van der Waals surface area contributed by atoms with E-state index >= 15 is 0 Å². The van der Waals surface area contributed by atoms with Crippen LogP contribution in [0.4, 0.5) is 0 Å². The van der Waals surface area contributed by atoms with Gasteiger partial charge in [-0.05, 0) is 37.0 Å². The molecule has 0 unspecified atom stereocenters. The van der Waals surface area contributed by atoms with Crippen LogP contribution in [0.25, 0.3) is 10.9 Å². The molecule has 1 heterocycles. The summed E-state index contributed by atoms with van der Waals surface area (Å²) in [6.07, 6.45) is 2.68. The zero-order valence-electron chi connectivity index (χ0n) is 9.50. The van der Waals surface area contributed by atoms with Crippen molar-refractivity contribution in [2.75, 3.05) is 0 Å². The van der Waals surface area contributed by atoms with Gasteiger partial charge in [0.2, 0.25) is 0 Å². The number of rotatable bonds is 3. The smallest absolute Gasteiger partial charge is 0.303 e. The number of carboxylic acid groups (broad SMARTS) is 1. The van der Waals surface area contributed by atoms with E-state index in [1.807, 2.05) is 6.20 Å². The van der Waals surface area contributed by atoms with E-state index in [0.717, 1.165) is 16.5 Å². The Balaban J connectivity index is 2.42. The largest absolute Gasteiger partial charge is 0.481 e. The minimum absolute atomic E-state index is 0.180. The van der Waals surface area contributed by atoms with Crippen molar-refractivity contribution >= 4 is 16.9 Å². The molecule has 0 aliphatic rings. The molecule has 2 N–H and O–H groups in total. The van der Waals surface area contributed by atoms with E-state index in [-0.39, 0.29) is 6.42 Å². The van der Waals surface area contributed by atoms with Gasteiger partial charge in [-0.3, -0.25) is 4.79 Å². The van der Waals surface area contributed by atoms with Crippen LogP contribution in [0.3, 0.4) is 0 Å². The van der Waals surface area contributed by atoms with Gasteiger partial charge in [0.25, 0.3) is 0 Å². The van der Waals surface area contributed by atoms with Gasteiger partial charge in [-0.15, -0.1) is 0 Å². The molecule has 0 fully saturated rings. The van der Waals surface area contributed by atoms with Gasteiger partial charge >= 0.3 is 5.97 Å². The van der Waals surface area contributed by atoms with E-state index in [1.165, 1.54) is 11.1 Å². The summed E-state index contributed by atoms with van der Waals surface area (Å²) in [5.74, 6) is -0.752. The number of carboxylic acids is 1. The van der Waals surface area contributed by atoms with Gasteiger partial charge in [0.15, 0.2) is 0 Å². The molecule has 3 nitrogen and oxygen atoms in total. The van der Waals surface area contributed by atoms with Crippen molar-refractivity contribution in [1.29, 1.82) is 0 Å². The Bertz CT molecular complexity index is 540. The van der Waals surface area contributed by atoms with Crippen molar-refractivity contribution in [2.24, 2.45) is 0 Å². The molecule has 0 spiro atoms. The number of hydrogen-bond acceptors (Lipinski definition) is 1. The molecule has 84 valence electrons. The van der Waals surface area contributed by atoms with Crippen molar-refractivity contribution in [2.45, 2.75) is 26.7 Å². The number of nitrogens with one attached hydrogen (secondary N) is 1. The molecule has 0 saturated heterocycles. The van der Waals surface area contributed by atoms with E-state index < -0.39 is 5.97 Å². The van der Waals surface area contributed by atoms with Crippen LogP contribution < -0.4 is 0 Å². The second-order valence-electron chi connectivity index (χ2n) is 4.14. The zero-order chi connectivity index (χ0) is 11.7. The Morgan fingerprint density at radius 1 is 1.38 bits per heavy atom. The number of aromatic nitrogens is 1. The number of aromatic amines is 1. The first-order chi connectivity index (χ1) is 7.59. The van der Waals surface area contributed by atoms with Crippen LogP contribution in [-0.2, 0) is 11.2 Å². The second-order valence-corrected chi connectivity index (χ2v) is 4.14. The fourth-order valence-corrected chi connectivity index (χ4v) is 1.95. The van der Waals surface area contributed by atoms with Gasteiger partial charge in [-0.1, -0.05) is 12.1 Å². The van der Waals surface area contributed by atoms with Crippen LogP contribution in [0, 0.1) is 13.8 Å². The van der Waals surface area contributed by atoms with Gasteiger partial charge in [0, 0.05) is 23.5 Å². The van der Waals surface area contributed by atoms with Crippen LogP contribution >= 0.6 is 0 Å². The summed E-state index contributed by atoms with van der Waals surface area (Å²) < 4.78 is 0. The van der Waals surface area contributed by atoms with Crippen molar-refractivity contribution in [3.63, 3.8) is 0 Å². The lowest BCUT2D eigenvalue weighted by Gasteiger charge is -2.02. The molecular weight excluding hydrogens is 202 g/mol. The maximum atomic E-state index is 10.5. The van der Waals surface area contributed by atoms with E-state index in [0.29, 0.717) is 6.42 Å². The van der Waals surface area contributed by atoms with Gasteiger partial charge < -0.3 is 10.1 Å². The maximum Gasteiger partial charge on any atom is 0.303 e. The molecule has 1 aromatic heterocycles. The molecule has 0 saturated carbocycles. The van der Waals surface area contributed by atoms with E-state index in [2.05, 4.69) is 31.0 Å². The molecule has 0 atom stereocenters. The van der Waals surface area contributed by atoms with Crippen molar-refractivity contribution in [3.8, 4) is 0 Å². The fraction of sp³-hybridized carbons (Fsp3) is 0.308. The number of hydrogen-bond donors (Lipinski definition) is 2. The van der Waals surface area contributed by atoms with Gasteiger partial charge in [0.05, 0.1) is 0 Å². The average Bonchev–Trinajstić information content (AvgIpc) is 2.64. The van der Waals surface area contributed by atoms with Crippen LogP contribution in [0.2, 0.25) is 0 Å². The minimum Gasteiger partial charge on any atom is -0.481 e. The predicted octanol–water partition coefficient (Wildman–Crippen LogP) is 2.80. The number of aliphatic carboxylic acids is 1. The minimum atomic E-state index is -0.752. The summed E-state index contributed by atoms with van der Waals surface area (Å²) in [7, 11) is 0. The molecule has 2 rings (SSSR count). The number of fused-ring (bicyclic) bond motifs is 1. The molecule has 2 aromatic rings. The second kappa shape index (κ2) is 4.00. The zero-order valence-corrected chi connectivity index (χ0v) is 9.50. The number of benzene rings is 1. The van der Waals surface area contributed by atoms with Gasteiger partial charge in [-0.25, -0.2) is 0 Å². The lowest BCUT2D eigenvalue weighted by molar-refractivity contribution is -0.136. The summed E-state index contributed by atoms with van der Waals surface area (Å²) >= 11 is 0. The summed E-state index contributed by atoms with van der Waals surface area (Å²) in [5, 5.41) is 9.82. The molecular formula is C13H15NO2. The van der Waals surface area contributed by atoms with Crippen LogP contribution in [0.1, 0.15) is 23.1 Å². The first-order valence-electron chi connectivity index (χ1n) is 5.37. The molecule has 1 aromatic carbocycles. The van der Waals surface area contributed by atoms with Crippen molar-refractivity contribution < 1.29 is 9.90 Å². The topological polar surface area (TPSA) is 53.1 Å². The molecule has 0 bridgehead atoms. The Morgan fingerprint density at radius 2 is 2.12 bits per heavy atom. The Hall–Kier alpha value is -1.77. The van der Waals surface area contributed by atoms with Gasteiger partial charge in [0.1, 0.15) is 0 Å². The third-order valence-electron chi connectivity index (χ3n) is 3.08. The van der Waals surface area contributed by atoms with Crippen molar-refractivity contribution in [3.05, 3.63) is 35.0 Å². The summed E-state index contributed by atoms with van der Waals surface area (Å²) in [6.45, 7) is 4.15. The highest BCUT2D eigenvalue weighted by molar-refractivity contribution is 5.87. The molecule has 0 aliphatic carbocycles. The predicted molar refractivity (Wildman–Crippen MR) is 63.7 cm³/mol. The van der Waals surface area contributed by atoms with Crippen LogP contribution in [0.5, 0.6) is 0 Å². The number of carbonyl (C=O) groups is 1. The lowest BCUT2D eigenvalue weighted by Crippen LogP contribution is -1.96. The molecule has 0 radical (unpaired) electrons. The van der Waals surface area contributed by atoms with Crippen molar-refractivity contribution in [1.82, 2.24) is 4.98 Å². The summed E-state index contributed by atoms with van der Waals surface area (Å²) in [6, 6.07) is 4.14. The van der Waals surface area contributed by atoms with E-state index in [9.17, 15) is 4.79 Å². The highest BCUT2D eigenvalue weighted by Crippen LogP contribution is 2.24. The first kappa shape index (κ1) is 10.7. The standard InChI is InChI=1S/C13H15NO2/c1-8-3-5-11-10(4-6-12(15)16)7-14-13(11)9(8)2/h3,5,7,14H,4,6H2,1-2H3,(H,15,16). The number of aryl methyl sites for hydroxylation is 3. The molecule has 0 amide bonds. The SMILES string of the molecule is Cc1ccc2c(CCC(=O)O)c[nH]c2c1C. The third kappa shape index (κ3) is 1.81. The monoisotopic (exact) mass is 217 g/mol. The van der Waals surface area contributed by atoms with Crippen LogP contribution in [-0.4, -0.2) is 16.1 Å². The fourth-order valence-electron chi connectivity index (χ4n) is 1.95. The summed E-state index contributed by atoms with van der Waals surface area (Å²) in [4.78, 5) is 13.8. The highest BCUT2D eigenvalue weighted by atomic mass is 16.4. The molecule has 0 aliphatic heterocycles. The molecule has 3 heteroatoms. The number of H-pyrrole nitrogens is 1. The normalized spacial score (nSPS) is 10.9. The molecule has 16 heavy (non-hydrogen) atoms. The van der Waals surface area contributed by atoms with Crippen LogP contribution in [0.15, 0.2) is 18.3 Å². The van der Waals surface area contributed by atoms with E-state index in [1.54, 1.807) is 0 Å². The highest BCUT2D eigenvalue weighted by Gasteiger charge is 2.08. The Labute approximate surface area is 94.1 Å². The summed E-state index contributed by atoms with van der Waals surface area (Å²) in [5.41, 5.74) is 4.69. The lowest BCUT2D eigenvalue weighted by atomic mass is 10.0. The Kier molecular flexibility index (Phi) is 2.69. The first-order valence-corrected chi connectivity index (χ1v) is 5.37. The van der Waals surface area contributed by atoms with E-state index in [4.69, 9.17) is 5.11 Å². The third-order valence-corrected chi connectivity index (χ3v) is 3.08. The van der Waals surface area contributed by atoms with Gasteiger partial charge in [-0.2, -0.15) is 0 Å². The average molecular weight is 217 g/mol. The quantitative estimate of drug-likeness (QED) is 0.830. The Morgan fingerprint density at radius 3 is 2.81 bits per heavy atom. The maximum absolute atomic E-state index is 10.5.